The van der Waals surface area contributed by atoms with E-state index in [4.69, 9.17) is 0 Å². The number of thiophene rings is 1. The Bertz CT molecular complexity index is 1060. The van der Waals surface area contributed by atoms with Crippen molar-refractivity contribution in [1.82, 2.24) is 0 Å². The maximum absolute atomic E-state index is 13.2. The Labute approximate surface area is 197 Å². The normalized spacial score (nSPS) is 36.0. The second-order valence-corrected chi connectivity index (χ2v) is 12.5. The zero-order valence-electron chi connectivity index (χ0n) is 18.3. The highest BCUT2D eigenvalue weighted by atomic mass is 32.2. The molecule has 6 heterocycles. The molecule has 1 aromatic rings. The fraction of sp³-hybridized carbons (Fsp3) is 0.577. The molecule has 0 amide bonds. The number of allylic oxidation sites excluding steroid dienone is 2. The predicted molar refractivity (Wildman–Crippen MR) is 130 cm³/mol. The molecule has 4 unspecified atom stereocenters. The first-order valence-electron chi connectivity index (χ1n) is 12.4. The molecule has 5 aliphatic heterocycles. The number of carbonyl (C=O) groups excluding carboxylic acids is 2. The van der Waals surface area contributed by atoms with Gasteiger partial charge >= 0.3 is 0 Å². The number of hydrogen-bond donors (Lipinski definition) is 0. The van der Waals surface area contributed by atoms with Crippen LogP contribution in [0.1, 0.15) is 75.0 Å². The maximum atomic E-state index is 13.2. The van der Waals surface area contributed by atoms with Crippen LogP contribution in [0.15, 0.2) is 34.8 Å². The molecule has 32 heavy (non-hydrogen) atoms. The Morgan fingerprint density at radius 3 is 2.22 bits per heavy atom. The van der Waals surface area contributed by atoms with E-state index in [1.165, 1.54) is 74.3 Å². The monoisotopic (exact) mass is 465 g/mol. The number of hydrogen-bond acceptors (Lipinski definition) is 5. The third-order valence-corrected chi connectivity index (χ3v) is 10.9. The van der Waals surface area contributed by atoms with Gasteiger partial charge in [-0.05, 0) is 68.5 Å². The number of fused-ring (bicyclic) bond motifs is 4. The Morgan fingerprint density at radius 2 is 1.50 bits per heavy atom. The summed E-state index contributed by atoms with van der Waals surface area (Å²) in [5, 5.41) is 2.52. The van der Waals surface area contributed by atoms with Crippen LogP contribution < -0.4 is 4.90 Å². The molecule has 1 saturated carbocycles. The standard InChI is InChI=1S/C26H29N2O2S2/c29-25-23(19-11-13-21(31-19)27-15-3-1-4-16(27)8-7-15)26(30)24(25)20-12-14-22(32-20)28-17-5-2-6-18(28)10-9-17/h11-18,23H,1-10H2/q+1. The smallest absolute Gasteiger partial charge is 0.240 e. The molecule has 0 radical (unpaired) electrons. The van der Waals surface area contributed by atoms with Crippen LogP contribution in [-0.4, -0.2) is 45.4 Å². The molecule has 1 aliphatic carbocycles. The average molecular weight is 466 g/mol. The molecular weight excluding hydrogens is 436 g/mol. The molecule has 0 N–H and O–H groups in total. The first-order valence-corrected chi connectivity index (χ1v) is 14.0. The van der Waals surface area contributed by atoms with Gasteiger partial charge in [0, 0.05) is 53.6 Å². The molecule has 0 spiro atoms. The molecule has 4 nitrogen and oxygen atoms in total. The molecule has 6 aliphatic rings. The van der Waals surface area contributed by atoms with E-state index >= 15 is 0 Å². The van der Waals surface area contributed by atoms with Crippen LogP contribution in [0.4, 0.5) is 5.00 Å². The van der Waals surface area contributed by atoms with Gasteiger partial charge in [0.15, 0.2) is 23.7 Å². The summed E-state index contributed by atoms with van der Waals surface area (Å²) in [6.07, 6.45) is 17.1. The fourth-order valence-corrected chi connectivity index (χ4v) is 9.60. The molecule has 1 aromatic heterocycles. The van der Waals surface area contributed by atoms with Crippen LogP contribution in [0.25, 0.3) is 0 Å². The van der Waals surface area contributed by atoms with Gasteiger partial charge in [0.1, 0.15) is 5.92 Å². The van der Waals surface area contributed by atoms with Crippen molar-refractivity contribution in [2.24, 2.45) is 0 Å². The molecule has 4 bridgehead atoms. The van der Waals surface area contributed by atoms with Gasteiger partial charge in [-0.3, -0.25) is 9.59 Å². The summed E-state index contributed by atoms with van der Waals surface area (Å²) in [6, 6.07) is 6.82. The lowest BCUT2D eigenvalue weighted by Crippen LogP contribution is -2.39. The molecule has 6 heteroatoms. The second kappa shape index (κ2) is 7.42. The number of piperidine rings is 2. The van der Waals surface area contributed by atoms with Crippen LogP contribution >= 0.6 is 23.1 Å². The number of anilines is 1. The van der Waals surface area contributed by atoms with E-state index < -0.39 is 5.92 Å². The number of nitrogens with zero attached hydrogens (tertiary/aromatic N) is 2. The average Bonchev–Trinajstić information content (AvgIpc) is 3.54. The van der Waals surface area contributed by atoms with Crippen molar-refractivity contribution >= 4 is 44.7 Å². The highest BCUT2D eigenvalue weighted by Gasteiger charge is 2.50. The Morgan fingerprint density at radius 1 is 0.812 bits per heavy atom. The lowest BCUT2D eigenvalue weighted by molar-refractivity contribution is -0.586. The van der Waals surface area contributed by atoms with Gasteiger partial charge in [-0.25, -0.2) is 4.58 Å². The van der Waals surface area contributed by atoms with Crippen molar-refractivity contribution in [2.45, 2.75) is 94.3 Å². The van der Waals surface area contributed by atoms with Crippen molar-refractivity contribution in [3.63, 3.8) is 0 Å². The third-order valence-electron chi connectivity index (χ3n) is 8.65. The van der Waals surface area contributed by atoms with Gasteiger partial charge in [-0.1, -0.05) is 0 Å². The van der Waals surface area contributed by atoms with Crippen LogP contribution in [0.3, 0.4) is 0 Å². The van der Waals surface area contributed by atoms with E-state index in [0.29, 0.717) is 29.7 Å². The third kappa shape index (κ3) is 2.84. The summed E-state index contributed by atoms with van der Waals surface area (Å²) in [4.78, 5) is 30.7. The van der Waals surface area contributed by atoms with Gasteiger partial charge in [0.2, 0.25) is 5.04 Å². The van der Waals surface area contributed by atoms with E-state index in [2.05, 4.69) is 21.6 Å². The van der Waals surface area contributed by atoms with Crippen LogP contribution in [0.5, 0.6) is 0 Å². The Balaban J connectivity index is 1.12. The van der Waals surface area contributed by atoms with Gasteiger partial charge in [0.25, 0.3) is 0 Å². The number of Topliss-reactive ketones (excluding diaryl/α,β-unsaturated/α-hetero) is 2. The topological polar surface area (TPSA) is 40.4 Å². The second-order valence-electron chi connectivity index (χ2n) is 10.3. The first kappa shape index (κ1) is 19.8. The van der Waals surface area contributed by atoms with Crippen LogP contribution in [0, 0.1) is 0 Å². The molecule has 4 saturated heterocycles. The van der Waals surface area contributed by atoms with Crippen molar-refractivity contribution < 1.29 is 14.2 Å². The van der Waals surface area contributed by atoms with Gasteiger partial charge in [-0.15, -0.1) is 11.3 Å². The van der Waals surface area contributed by atoms with Gasteiger partial charge < -0.3 is 4.90 Å². The van der Waals surface area contributed by atoms with Crippen molar-refractivity contribution in [2.75, 3.05) is 4.90 Å². The summed E-state index contributed by atoms with van der Waals surface area (Å²) < 4.78 is 2.59. The Kier molecular flexibility index (Phi) is 4.59. The zero-order chi connectivity index (χ0) is 21.4. The molecule has 7 rings (SSSR count). The Hall–Kier alpha value is -1.66. The predicted octanol–water partition coefficient (Wildman–Crippen LogP) is 5.19. The van der Waals surface area contributed by atoms with E-state index in [0.717, 1.165) is 9.78 Å². The minimum Gasteiger partial charge on any atom is -0.357 e. The van der Waals surface area contributed by atoms with Crippen molar-refractivity contribution in [3.05, 3.63) is 39.6 Å². The molecule has 166 valence electrons. The summed E-state index contributed by atoms with van der Waals surface area (Å²) in [6.45, 7) is 0. The SMILES string of the molecule is O=C1C(=C2C=CC(=[N+]3C4CCCC3CC4)S2)C(=O)C1c1ccc(N2C3CCCC2CC3)s1. The highest BCUT2D eigenvalue weighted by Crippen LogP contribution is 2.47. The van der Waals surface area contributed by atoms with Gasteiger partial charge in [0.05, 0.1) is 10.6 Å². The summed E-state index contributed by atoms with van der Waals surface area (Å²) in [5.74, 6) is -0.511. The summed E-state index contributed by atoms with van der Waals surface area (Å²) >= 11 is 3.33. The van der Waals surface area contributed by atoms with Crippen molar-refractivity contribution in [3.8, 4) is 0 Å². The summed E-state index contributed by atoms with van der Waals surface area (Å²) in [7, 11) is 0. The van der Waals surface area contributed by atoms with E-state index in [9.17, 15) is 9.59 Å². The molecule has 4 atom stereocenters. The van der Waals surface area contributed by atoms with E-state index in [1.807, 2.05) is 12.1 Å². The summed E-state index contributed by atoms with van der Waals surface area (Å²) in [5.41, 5.74) is 0.448. The van der Waals surface area contributed by atoms with Crippen LogP contribution in [-0.2, 0) is 9.59 Å². The number of rotatable bonds is 2. The van der Waals surface area contributed by atoms with E-state index in [1.54, 1.807) is 23.1 Å². The van der Waals surface area contributed by atoms with Crippen LogP contribution in [0.2, 0.25) is 0 Å². The molecular formula is C26H29N2O2S2+. The zero-order valence-corrected chi connectivity index (χ0v) is 19.9. The van der Waals surface area contributed by atoms with Gasteiger partial charge in [-0.2, -0.15) is 0 Å². The highest BCUT2D eigenvalue weighted by molar-refractivity contribution is 8.18. The lowest BCUT2D eigenvalue weighted by Gasteiger charge is -2.35. The quantitative estimate of drug-likeness (QED) is 0.261. The van der Waals surface area contributed by atoms with E-state index in [-0.39, 0.29) is 11.6 Å². The van der Waals surface area contributed by atoms with Crippen molar-refractivity contribution in [1.29, 1.82) is 0 Å². The first-order chi connectivity index (χ1) is 15.7. The maximum Gasteiger partial charge on any atom is 0.240 e. The molecule has 5 fully saturated rings. The fourth-order valence-electron chi connectivity index (χ4n) is 7.14. The number of thioether (sulfide) groups is 1. The largest absolute Gasteiger partial charge is 0.357 e. The number of ketones is 2. The molecule has 0 aromatic carbocycles. The lowest BCUT2D eigenvalue weighted by atomic mass is 9.76. The number of carbonyl (C=O) groups is 2. The minimum atomic E-state index is -0.567. The minimum absolute atomic E-state index is 0.0278.